The molecule has 2 N–H and O–H groups in total. The predicted molar refractivity (Wildman–Crippen MR) is 78.8 cm³/mol. The molecule has 0 radical (unpaired) electrons. The van der Waals surface area contributed by atoms with Crippen molar-refractivity contribution in [3.05, 3.63) is 23.8 Å². The standard InChI is InChI=1S/C15H22N2O4/c1-3-6-16-8-11-4-5-12(19-2)7-14(11)20-10-13-9-17-15(18)21-13/h4-5,7,13,16H,3,6,8-10H2,1-2H3,(H,17,18). The molecule has 0 spiro atoms. The predicted octanol–water partition coefficient (Wildman–Crippen LogP) is 1.68. The van der Waals surface area contributed by atoms with Crippen molar-refractivity contribution in [2.45, 2.75) is 26.0 Å². The maximum Gasteiger partial charge on any atom is 0.407 e. The summed E-state index contributed by atoms with van der Waals surface area (Å²) in [4.78, 5) is 11.0. The molecule has 1 saturated heterocycles. The van der Waals surface area contributed by atoms with Crippen molar-refractivity contribution in [3.63, 3.8) is 0 Å². The third-order valence-electron chi connectivity index (χ3n) is 3.19. The van der Waals surface area contributed by atoms with Crippen molar-refractivity contribution >= 4 is 6.09 Å². The summed E-state index contributed by atoms with van der Waals surface area (Å²) in [6.45, 7) is 4.62. The number of rotatable bonds is 8. The summed E-state index contributed by atoms with van der Waals surface area (Å²) in [6.07, 6.45) is 0.440. The van der Waals surface area contributed by atoms with Crippen LogP contribution in [0.1, 0.15) is 18.9 Å². The Bertz CT molecular complexity index is 479. The molecule has 1 aliphatic heterocycles. The first-order valence-corrected chi connectivity index (χ1v) is 7.17. The van der Waals surface area contributed by atoms with Gasteiger partial charge in [-0.2, -0.15) is 0 Å². The fraction of sp³-hybridized carbons (Fsp3) is 0.533. The summed E-state index contributed by atoms with van der Waals surface area (Å²) < 4.78 is 16.1. The monoisotopic (exact) mass is 294 g/mol. The molecule has 1 atom stereocenters. The summed E-state index contributed by atoms with van der Waals surface area (Å²) in [5.41, 5.74) is 1.06. The number of carbonyl (C=O) groups excluding carboxylic acids is 1. The van der Waals surface area contributed by atoms with Crippen LogP contribution < -0.4 is 20.1 Å². The van der Waals surface area contributed by atoms with Crippen molar-refractivity contribution in [1.82, 2.24) is 10.6 Å². The lowest BCUT2D eigenvalue weighted by Crippen LogP contribution is -2.23. The Morgan fingerprint density at radius 1 is 1.48 bits per heavy atom. The van der Waals surface area contributed by atoms with E-state index in [-0.39, 0.29) is 12.2 Å². The first-order chi connectivity index (χ1) is 10.2. The normalized spacial score (nSPS) is 17.2. The molecule has 0 aliphatic carbocycles. The highest BCUT2D eigenvalue weighted by Gasteiger charge is 2.23. The van der Waals surface area contributed by atoms with Crippen LogP contribution in [0.5, 0.6) is 11.5 Å². The maximum atomic E-state index is 11.0. The molecule has 1 amide bonds. The van der Waals surface area contributed by atoms with Crippen molar-refractivity contribution in [2.24, 2.45) is 0 Å². The summed E-state index contributed by atoms with van der Waals surface area (Å²) >= 11 is 0. The Kier molecular flexibility index (Phi) is 5.68. The number of hydrogen-bond donors (Lipinski definition) is 2. The quantitative estimate of drug-likeness (QED) is 0.714. The SMILES string of the molecule is CCCNCc1ccc(OC)cc1OCC1CNC(=O)O1. The number of methoxy groups -OCH3 is 1. The number of cyclic esters (lactones) is 1. The Morgan fingerprint density at radius 3 is 3.00 bits per heavy atom. The molecule has 6 heteroatoms. The van der Waals surface area contributed by atoms with Crippen LogP contribution in [0.4, 0.5) is 4.79 Å². The molecule has 1 aliphatic rings. The van der Waals surface area contributed by atoms with E-state index in [4.69, 9.17) is 14.2 Å². The third-order valence-corrected chi connectivity index (χ3v) is 3.19. The second-order valence-electron chi connectivity index (χ2n) is 4.87. The van der Waals surface area contributed by atoms with E-state index in [1.807, 2.05) is 18.2 Å². The van der Waals surface area contributed by atoms with E-state index in [2.05, 4.69) is 17.6 Å². The van der Waals surface area contributed by atoms with Crippen molar-refractivity contribution in [2.75, 3.05) is 26.8 Å². The van der Waals surface area contributed by atoms with Crippen LogP contribution in [0.15, 0.2) is 18.2 Å². The van der Waals surface area contributed by atoms with Gasteiger partial charge in [-0.3, -0.25) is 0 Å². The molecule has 0 aromatic heterocycles. The number of amides is 1. The fourth-order valence-electron chi connectivity index (χ4n) is 2.05. The van der Waals surface area contributed by atoms with E-state index in [1.165, 1.54) is 0 Å². The largest absolute Gasteiger partial charge is 0.497 e. The highest BCUT2D eigenvalue weighted by atomic mass is 16.6. The van der Waals surface area contributed by atoms with Crippen LogP contribution in [-0.2, 0) is 11.3 Å². The van der Waals surface area contributed by atoms with Crippen molar-refractivity contribution in [3.8, 4) is 11.5 Å². The number of ether oxygens (including phenoxy) is 3. The summed E-state index contributed by atoms with van der Waals surface area (Å²) in [7, 11) is 1.62. The van der Waals surface area contributed by atoms with Gasteiger partial charge >= 0.3 is 6.09 Å². The molecule has 0 saturated carbocycles. The lowest BCUT2D eigenvalue weighted by Gasteiger charge is -2.15. The van der Waals surface area contributed by atoms with E-state index >= 15 is 0 Å². The first-order valence-electron chi connectivity index (χ1n) is 7.17. The maximum absolute atomic E-state index is 11.0. The molecule has 0 bridgehead atoms. The molecule has 1 aromatic rings. The van der Waals surface area contributed by atoms with Gasteiger partial charge in [0.25, 0.3) is 0 Å². The Balaban J connectivity index is 1.98. The van der Waals surface area contributed by atoms with Gasteiger partial charge in [-0.05, 0) is 19.0 Å². The highest BCUT2D eigenvalue weighted by molar-refractivity contribution is 5.69. The van der Waals surface area contributed by atoms with Crippen LogP contribution in [0.25, 0.3) is 0 Å². The van der Waals surface area contributed by atoms with Crippen LogP contribution in [-0.4, -0.2) is 39.0 Å². The third kappa shape index (κ3) is 4.53. The zero-order valence-corrected chi connectivity index (χ0v) is 12.5. The van der Waals surface area contributed by atoms with Gasteiger partial charge in [0.15, 0.2) is 6.10 Å². The van der Waals surface area contributed by atoms with Crippen molar-refractivity contribution < 1.29 is 19.0 Å². The minimum Gasteiger partial charge on any atom is -0.497 e. The Labute approximate surface area is 124 Å². The molecular formula is C15H22N2O4. The molecule has 21 heavy (non-hydrogen) atoms. The highest BCUT2D eigenvalue weighted by Crippen LogP contribution is 2.25. The van der Waals surface area contributed by atoms with Gasteiger partial charge in [-0.15, -0.1) is 0 Å². The Morgan fingerprint density at radius 2 is 2.33 bits per heavy atom. The van der Waals surface area contributed by atoms with E-state index in [1.54, 1.807) is 7.11 Å². The summed E-state index contributed by atoms with van der Waals surface area (Å²) in [5, 5.41) is 5.95. The number of hydrogen-bond acceptors (Lipinski definition) is 5. The minimum absolute atomic E-state index is 0.250. The van der Waals surface area contributed by atoms with Gasteiger partial charge in [-0.1, -0.05) is 13.0 Å². The number of carbonyl (C=O) groups is 1. The van der Waals surface area contributed by atoms with Crippen molar-refractivity contribution in [1.29, 1.82) is 0 Å². The first kappa shape index (κ1) is 15.4. The van der Waals surface area contributed by atoms with Gasteiger partial charge in [0, 0.05) is 18.2 Å². The van der Waals surface area contributed by atoms with Gasteiger partial charge in [0.1, 0.15) is 18.1 Å². The van der Waals surface area contributed by atoms with Gasteiger partial charge in [0.2, 0.25) is 0 Å². The van der Waals surface area contributed by atoms with Crippen LogP contribution in [0.3, 0.4) is 0 Å². The van der Waals surface area contributed by atoms with Gasteiger partial charge in [0.05, 0.1) is 13.7 Å². The lowest BCUT2D eigenvalue weighted by atomic mass is 10.2. The zero-order valence-electron chi connectivity index (χ0n) is 12.5. The molecular weight excluding hydrogens is 272 g/mol. The number of alkyl carbamates (subject to hydrolysis) is 1. The Hall–Kier alpha value is -1.95. The zero-order chi connectivity index (χ0) is 15.1. The molecule has 1 unspecified atom stereocenters. The van der Waals surface area contributed by atoms with Crippen LogP contribution in [0, 0.1) is 0 Å². The number of benzene rings is 1. The average molecular weight is 294 g/mol. The molecule has 1 aromatic carbocycles. The lowest BCUT2D eigenvalue weighted by molar-refractivity contribution is 0.104. The minimum atomic E-state index is -0.390. The smallest absolute Gasteiger partial charge is 0.407 e. The summed E-state index contributed by atoms with van der Waals surface area (Å²) in [5.74, 6) is 1.49. The van der Waals surface area contributed by atoms with E-state index in [9.17, 15) is 4.79 Å². The second kappa shape index (κ2) is 7.73. The fourth-order valence-corrected chi connectivity index (χ4v) is 2.05. The molecule has 6 nitrogen and oxygen atoms in total. The van der Waals surface area contributed by atoms with Gasteiger partial charge in [-0.25, -0.2) is 4.79 Å². The van der Waals surface area contributed by atoms with E-state index in [0.717, 1.165) is 36.6 Å². The average Bonchev–Trinajstić information content (AvgIpc) is 2.92. The summed E-state index contributed by atoms with van der Waals surface area (Å²) in [6, 6.07) is 5.75. The molecule has 1 heterocycles. The molecule has 1 fully saturated rings. The van der Waals surface area contributed by atoms with Crippen LogP contribution >= 0.6 is 0 Å². The van der Waals surface area contributed by atoms with Crippen LogP contribution in [0.2, 0.25) is 0 Å². The van der Waals surface area contributed by atoms with Gasteiger partial charge < -0.3 is 24.8 Å². The van der Waals surface area contributed by atoms with E-state index < -0.39 is 0 Å². The number of nitrogens with one attached hydrogen (secondary N) is 2. The molecule has 116 valence electrons. The van der Waals surface area contributed by atoms with E-state index in [0.29, 0.717) is 13.2 Å². The second-order valence-corrected chi connectivity index (χ2v) is 4.87. The topological polar surface area (TPSA) is 68.8 Å². The molecule has 2 rings (SSSR count).